The zero-order valence-corrected chi connectivity index (χ0v) is 12.4. The molecule has 2 heterocycles. The molecule has 1 aromatic rings. The largest absolute Gasteiger partial charge is 0.308 e. The quantitative estimate of drug-likeness (QED) is 0.889. The van der Waals surface area contributed by atoms with Crippen LogP contribution in [0.1, 0.15) is 48.7 Å². The second-order valence-corrected chi connectivity index (χ2v) is 7.87. The van der Waals surface area contributed by atoms with E-state index in [1.165, 1.54) is 0 Å². The summed E-state index contributed by atoms with van der Waals surface area (Å²) in [7, 11) is -2.85. The molecule has 1 fully saturated rings. The van der Waals surface area contributed by atoms with Crippen LogP contribution in [0.5, 0.6) is 0 Å². The third-order valence-corrected chi connectivity index (χ3v) is 6.16. The number of sulfone groups is 1. The first-order valence-electron chi connectivity index (χ1n) is 6.32. The van der Waals surface area contributed by atoms with E-state index in [0.29, 0.717) is 6.42 Å². The highest BCUT2D eigenvalue weighted by Gasteiger charge is 2.31. The van der Waals surface area contributed by atoms with Gasteiger partial charge in [0.15, 0.2) is 9.84 Å². The zero-order chi connectivity index (χ0) is 13.2. The number of aromatic nitrogens is 2. The maximum atomic E-state index is 11.5. The molecule has 102 valence electrons. The average molecular weight is 289 g/mol. The lowest BCUT2D eigenvalue weighted by molar-refractivity contribution is 0.530. The number of hydrogen-bond acceptors (Lipinski definition) is 6. The second kappa shape index (κ2) is 5.63. The van der Waals surface area contributed by atoms with Gasteiger partial charge in [-0.15, -0.1) is 10.2 Å². The molecule has 0 saturated carbocycles. The molecule has 1 N–H and O–H groups in total. The molecule has 1 aromatic heterocycles. The highest BCUT2D eigenvalue weighted by Crippen LogP contribution is 2.32. The summed E-state index contributed by atoms with van der Waals surface area (Å²) in [6, 6.07) is 0.235. The minimum Gasteiger partial charge on any atom is -0.308 e. The molecule has 5 nitrogen and oxygen atoms in total. The molecule has 18 heavy (non-hydrogen) atoms. The van der Waals surface area contributed by atoms with Gasteiger partial charge in [0.25, 0.3) is 0 Å². The topological polar surface area (TPSA) is 72.0 Å². The highest BCUT2D eigenvalue weighted by atomic mass is 32.2. The predicted molar refractivity (Wildman–Crippen MR) is 72.6 cm³/mol. The maximum absolute atomic E-state index is 11.5. The van der Waals surface area contributed by atoms with Crippen LogP contribution in [0.15, 0.2) is 0 Å². The fourth-order valence-corrected chi connectivity index (χ4v) is 5.19. The van der Waals surface area contributed by atoms with Crippen LogP contribution >= 0.6 is 11.3 Å². The van der Waals surface area contributed by atoms with E-state index in [4.69, 9.17) is 0 Å². The van der Waals surface area contributed by atoms with Gasteiger partial charge in [-0.3, -0.25) is 0 Å². The standard InChI is InChI=1S/C11H19N3O2S2/c1-3-9(12-4-2)11-14-13-10(17-11)8-5-6-18(15,16)7-8/h8-9,12H,3-7H2,1-2H3. The molecule has 0 aliphatic carbocycles. The van der Waals surface area contributed by atoms with Crippen molar-refractivity contribution in [2.75, 3.05) is 18.1 Å². The molecule has 0 bridgehead atoms. The predicted octanol–water partition coefficient (Wildman–Crippen LogP) is 1.50. The molecule has 7 heteroatoms. The first kappa shape index (κ1) is 13.9. The van der Waals surface area contributed by atoms with Crippen molar-refractivity contribution < 1.29 is 8.42 Å². The smallest absolute Gasteiger partial charge is 0.151 e. The van der Waals surface area contributed by atoms with E-state index in [1.54, 1.807) is 11.3 Å². The Labute approximate surface area is 112 Å². The van der Waals surface area contributed by atoms with Crippen molar-refractivity contribution in [1.29, 1.82) is 0 Å². The van der Waals surface area contributed by atoms with Crippen LogP contribution in [0.2, 0.25) is 0 Å². The van der Waals surface area contributed by atoms with Crippen LogP contribution < -0.4 is 5.32 Å². The Balaban J connectivity index is 2.11. The number of rotatable bonds is 5. The van der Waals surface area contributed by atoms with E-state index in [2.05, 4.69) is 29.4 Å². The second-order valence-electron chi connectivity index (χ2n) is 4.60. The first-order valence-corrected chi connectivity index (χ1v) is 8.96. The summed E-state index contributed by atoms with van der Waals surface area (Å²) in [5.74, 6) is 0.580. The summed E-state index contributed by atoms with van der Waals surface area (Å²) in [5, 5.41) is 13.6. The summed E-state index contributed by atoms with van der Waals surface area (Å²) in [6.45, 7) is 5.06. The third-order valence-electron chi connectivity index (χ3n) is 3.19. The zero-order valence-electron chi connectivity index (χ0n) is 10.7. The third kappa shape index (κ3) is 3.07. The Hall–Kier alpha value is -0.530. The maximum Gasteiger partial charge on any atom is 0.151 e. The Morgan fingerprint density at radius 3 is 2.78 bits per heavy atom. The summed E-state index contributed by atoms with van der Waals surface area (Å²) in [5.41, 5.74) is 0. The lowest BCUT2D eigenvalue weighted by Crippen LogP contribution is -2.19. The van der Waals surface area contributed by atoms with E-state index < -0.39 is 9.84 Å². The lowest BCUT2D eigenvalue weighted by Gasteiger charge is -2.11. The monoisotopic (exact) mass is 289 g/mol. The van der Waals surface area contributed by atoms with Crippen molar-refractivity contribution in [2.24, 2.45) is 0 Å². The molecule has 1 aliphatic heterocycles. The molecule has 0 amide bonds. The van der Waals surface area contributed by atoms with Crippen LogP contribution in [-0.2, 0) is 9.84 Å². The molecule has 1 aliphatic rings. The van der Waals surface area contributed by atoms with Gasteiger partial charge < -0.3 is 5.32 Å². The Kier molecular flexibility index (Phi) is 4.34. The molecular formula is C11H19N3O2S2. The van der Waals surface area contributed by atoms with E-state index in [9.17, 15) is 8.42 Å². The molecule has 0 radical (unpaired) electrons. The molecule has 2 unspecified atom stereocenters. The Morgan fingerprint density at radius 1 is 1.44 bits per heavy atom. The lowest BCUT2D eigenvalue weighted by atomic mass is 10.1. The van der Waals surface area contributed by atoms with Crippen LogP contribution in [-0.4, -0.2) is 36.7 Å². The van der Waals surface area contributed by atoms with Crippen LogP contribution in [0.4, 0.5) is 0 Å². The van der Waals surface area contributed by atoms with Crippen molar-refractivity contribution in [1.82, 2.24) is 15.5 Å². The summed E-state index contributed by atoms with van der Waals surface area (Å²) in [4.78, 5) is 0. The summed E-state index contributed by atoms with van der Waals surface area (Å²) >= 11 is 1.55. The minimum absolute atomic E-state index is 0.0559. The SMILES string of the molecule is CCNC(CC)c1nnc(C2CCS(=O)(=O)C2)s1. The van der Waals surface area contributed by atoms with E-state index >= 15 is 0 Å². The van der Waals surface area contributed by atoms with Crippen molar-refractivity contribution in [3.8, 4) is 0 Å². The van der Waals surface area contributed by atoms with Gasteiger partial charge in [0.1, 0.15) is 10.0 Å². The average Bonchev–Trinajstić information content (AvgIpc) is 2.92. The van der Waals surface area contributed by atoms with Crippen molar-refractivity contribution in [3.63, 3.8) is 0 Å². The Bertz CT molecular complexity index is 498. The Morgan fingerprint density at radius 2 is 2.22 bits per heavy atom. The highest BCUT2D eigenvalue weighted by molar-refractivity contribution is 7.91. The van der Waals surface area contributed by atoms with Gasteiger partial charge in [0.2, 0.25) is 0 Å². The summed E-state index contributed by atoms with van der Waals surface area (Å²) in [6.07, 6.45) is 1.65. The van der Waals surface area contributed by atoms with Crippen molar-refractivity contribution >= 4 is 21.2 Å². The fourth-order valence-electron chi connectivity index (χ4n) is 2.19. The number of nitrogens with one attached hydrogen (secondary N) is 1. The van der Waals surface area contributed by atoms with E-state index in [1.807, 2.05) is 0 Å². The molecule has 0 aromatic carbocycles. The summed E-state index contributed by atoms with van der Waals surface area (Å²) < 4.78 is 22.9. The fraction of sp³-hybridized carbons (Fsp3) is 0.818. The van der Waals surface area contributed by atoms with Crippen LogP contribution in [0.3, 0.4) is 0 Å². The van der Waals surface area contributed by atoms with E-state index in [0.717, 1.165) is 23.0 Å². The number of hydrogen-bond donors (Lipinski definition) is 1. The molecule has 2 rings (SSSR count). The minimum atomic E-state index is -2.85. The van der Waals surface area contributed by atoms with Gasteiger partial charge in [-0.05, 0) is 19.4 Å². The van der Waals surface area contributed by atoms with Gasteiger partial charge in [-0.25, -0.2) is 8.42 Å². The first-order chi connectivity index (χ1) is 8.55. The van der Waals surface area contributed by atoms with E-state index in [-0.39, 0.29) is 23.5 Å². The molecule has 1 saturated heterocycles. The normalized spacial score (nSPS) is 24.2. The van der Waals surface area contributed by atoms with Crippen molar-refractivity contribution in [3.05, 3.63) is 10.0 Å². The van der Waals surface area contributed by atoms with Gasteiger partial charge >= 0.3 is 0 Å². The van der Waals surface area contributed by atoms with Crippen LogP contribution in [0.25, 0.3) is 0 Å². The molecular weight excluding hydrogens is 270 g/mol. The van der Waals surface area contributed by atoms with Gasteiger partial charge in [0.05, 0.1) is 17.5 Å². The molecule has 0 spiro atoms. The van der Waals surface area contributed by atoms with Crippen LogP contribution in [0, 0.1) is 0 Å². The van der Waals surface area contributed by atoms with Gasteiger partial charge in [-0.1, -0.05) is 25.2 Å². The van der Waals surface area contributed by atoms with Gasteiger partial charge in [-0.2, -0.15) is 0 Å². The van der Waals surface area contributed by atoms with Gasteiger partial charge in [0, 0.05) is 5.92 Å². The van der Waals surface area contributed by atoms with Crippen molar-refractivity contribution in [2.45, 2.75) is 38.6 Å². The number of nitrogens with zero attached hydrogens (tertiary/aromatic N) is 2. The molecule has 2 atom stereocenters.